The van der Waals surface area contributed by atoms with Gasteiger partial charge in [0.05, 0.1) is 14.4 Å². The van der Waals surface area contributed by atoms with Crippen LogP contribution in [0.1, 0.15) is 18.1 Å². The number of thiocarbonyl (C=S) groups is 1. The van der Waals surface area contributed by atoms with Gasteiger partial charge >= 0.3 is 0 Å². The van der Waals surface area contributed by atoms with Crippen LogP contribution in [0.4, 0.5) is 0 Å². The third-order valence-corrected chi connectivity index (χ3v) is 6.77. The molecule has 0 aromatic heterocycles. The molecule has 27 heavy (non-hydrogen) atoms. The third kappa shape index (κ3) is 5.06. The SMILES string of the molecule is CCN1C(=O)/C(=C/c2cc(Cl)c(OCc3ccc(I)cc3)c(Br)c2)SC1=S. The zero-order valence-corrected chi connectivity index (χ0v) is 20.3. The highest BCUT2D eigenvalue weighted by Crippen LogP contribution is 2.38. The first-order chi connectivity index (χ1) is 12.9. The first kappa shape index (κ1) is 21.1. The van der Waals surface area contributed by atoms with E-state index in [1.807, 2.05) is 37.3 Å². The van der Waals surface area contributed by atoms with Gasteiger partial charge in [-0.05, 0) is 86.9 Å². The fourth-order valence-corrected chi connectivity index (χ4v) is 5.19. The molecule has 0 saturated carbocycles. The minimum absolute atomic E-state index is 0.0706. The zero-order chi connectivity index (χ0) is 19.6. The lowest BCUT2D eigenvalue weighted by atomic mass is 10.2. The fourth-order valence-electron chi connectivity index (χ4n) is 2.46. The highest BCUT2D eigenvalue weighted by Gasteiger charge is 2.30. The maximum Gasteiger partial charge on any atom is 0.266 e. The number of benzene rings is 2. The molecule has 0 unspecified atom stereocenters. The zero-order valence-electron chi connectivity index (χ0n) is 14.2. The number of carbonyl (C=O) groups excluding carboxylic acids is 1. The van der Waals surface area contributed by atoms with Gasteiger partial charge in [0.1, 0.15) is 10.9 Å². The van der Waals surface area contributed by atoms with Crippen LogP contribution < -0.4 is 4.74 Å². The first-order valence-corrected chi connectivity index (χ1v) is 11.5. The van der Waals surface area contributed by atoms with Crippen LogP contribution in [0.2, 0.25) is 5.02 Å². The number of nitrogens with zero attached hydrogens (tertiary/aromatic N) is 1. The number of halogens is 3. The quantitative estimate of drug-likeness (QED) is 0.224. The van der Waals surface area contributed by atoms with Crippen LogP contribution in [-0.2, 0) is 11.4 Å². The van der Waals surface area contributed by atoms with Gasteiger partial charge in [-0.15, -0.1) is 0 Å². The number of likely N-dealkylation sites (N-methyl/N-ethyl adjacent to an activating group) is 1. The second kappa shape index (κ2) is 9.26. The van der Waals surface area contributed by atoms with E-state index in [2.05, 4.69) is 38.5 Å². The van der Waals surface area contributed by atoms with Crippen molar-refractivity contribution in [1.82, 2.24) is 4.90 Å². The van der Waals surface area contributed by atoms with Crippen molar-refractivity contribution in [2.75, 3.05) is 6.54 Å². The lowest BCUT2D eigenvalue weighted by molar-refractivity contribution is -0.121. The molecule has 8 heteroatoms. The summed E-state index contributed by atoms with van der Waals surface area (Å²) in [5, 5.41) is 0.479. The predicted molar refractivity (Wildman–Crippen MR) is 128 cm³/mol. The molecule has 1 heterocycles. The van der Waals surface area contributed by atoms with E-state index in [4.69, 9.17) is 28.6 Å². The van der Waals surface area contributed by atoms with Gasteiger partial charge in [0.25, 0.3) is 5.91 Å². The molecule has 1 saturated heterocycles. The molecule has 1 aliphatic rings. The van der Waals surface area contributed by atoms with E-state index in [1.54, 1.807) is 17.0 Å². The first-order valence-electron chi connectivity index (χ1n) is 8.00. The normalized spacial score (nSPS) is 15.7. The smallest absolute Gasteiger partial charge is 0.266 e. The second-order valence-electron chi connectivity index (χ2n) is 5.65. The molecule has 1 aliphatic heterocycles. The van der Waals surface area contributed by atoms with Gasteiger partial charge in [0, 0.05) is 10.1 Å². The standard InChI is InChI=1S/C19H14BrClINO2S2/c1-2-23-18(24)16(27-19(23)26)9-12-7-14(20)17(15(21)8-12)25-10-11-3-5-13(22)6-4-11/h3-9H,2,10H2,1H3/b16-9-. The van der Waals surface area contributed by atoms with Gasteiger partial charge in [-0.25, -0.2) is 0 Å². The second-order valence-corrected chi connectivity index (χ2v) is 9.84. The topological polar surface area (TPSA) is 29.5 Å². The molecule has 2 aromatic carbocycles. The van der Waals surface area contributed by atoms with Crippen LogP contribution in [0.25, 0.3) is 6.08 Å². The summed E-state index contributed by atoms with van der Waals surface area (Å²) in [6, 6.07) is 11.8. The number of hydrogen-bond acceptors (Lipinski definition) is 4. The van der Waals surface area contributed by atoms with Gasteiger partial charge in [-0.3, -0.25) is 9.69 Å². The Morgan fingerprint density at radius 1 is 1.33 bits per heavy atom. The van der Waals surface area contributed by atoms with E-state index in [9.17, 15) is 4.79 Å². The minimum atomic E-state index is -0.0706. The highest BCUT2D eigenvalue weighted by atomic mass is 127. The van der Waals surface area contributed by atoms with Crippen molar-refractivity contribution >= 4 is 90.4 Å². The molecule has 2 aromatic rings. The number of thioether (sulfide) groups is 1. The molecule has 1 fully saturated rings. The van der Waals surface area contributed by atoms with Crippen molar-refractivity contribution in [3.05, 3.63) is 65.5 Å². The molecule has 140 valence electrons. The Labute approximate surface area is 194 Å². The number of ether oxygens (including phenoxy) is 1. The number of amides is 1. The average Bonchev–Trinajstić information content (AvgIpc) is 2.88. The summed E-state index contributed by atoms with van der Waals surface area (Å²) in [6.07, 6.45) is 1.80. The molecular weight excluding hydrogens is 581 g/mol. The number of carbonyl (C=O) groups is 1. The Hall–Kier alpha value is -0.610. The van der Waals surface area contributed by atoms with Gasteiger partial charge in [0.2, 0.25) is 0 Å². The molecule has 0 bridgehead atoms. The maximum atomic E-state index is 12.4. The molecule has 0 spiro atoms. The van der Waals surface area contributed by atoms with E-state index in [0.717, 1.165) is 15.6 Å². The van der Waals surface area contributed by atoms with E-state index in [1.165, 1.54) is 15.3 Å². The van der Waals surface area contributed by atoms with Gasteiger partial charge in [0.15, 0.2) is 5.75 Å². The van der Waals surface area contributed by atoms with Crippen LogP contribution in [0.3, 0.4) is 0 Å². The van der Waals surface area contributed by atoms with Crippen molar-refractivity contribution < 1.29 is 9.53 Å². The predicted octanol–water partition coefficient (Wildman–Crippen LogP) is 6.51. The molecule has 3 nitrogen and oxygen atoms in total. The van der Waals surface area contributed by atoms with Crippen LogP contribution >= 0.6 is 74.1 Å². The molecule has 3 rings (SSSR count). The maximum absolute atomic E-state index is 12.4. The lowest BCUT2D eigenvalue weighted by Crippen LogP contribution is -2.27. The van der Waals surface area contributed by atoms with Crippen molar-refractivity contribution in [3.8, 4) is 5.75 Å². The summed E-state index contributed by atoms with van der Waals surface area (Å²) < 4.78 is 8.38. The van der Waals surface area contributed by atoms with Gasteiger partial charge < -0.3 is 4.74 Å². The van der Waals surface area contributed by atoms with Crippen molar-refractivity contribution in [1.29, 1.82) is 0 Å². The summed E-state index contributed by atoms with van der Waals surface area (Å²) >= 11 is 18.7. The molecule has 0 radical (unpaired) electrons. The average molecular weight is 595 g/mol. The van der Waals surface area contributed by atoms with Crippen LogP contribution in [-0.4, -0.2) is 21.7 Å². The Kier molecular flexibility index (Phi) is 7.24. The summed E-state index contributed by atoms with van der Waals surface area (Å²) in [6.45, 7) is 2.89. The van der Waals surface area contributed by atoms with E-state index in [0.29, 0.717) is 33.1 Å². The minimum Gasteiger partial charge on any atom is -0.486 e. The van der Waals surface area contributed by atoms with Crippen LogP contribution in [0, 0.1) is 3.57 Å². The highest BCUT2D eigenvalue weighted by molar-refractivity contribution is 14.1. The molecule has 0 aliphatic carbocycles. The Balaban J connectivity index is 1.79. The summed E-state index contributed by atoms with van der Waals surface area (Å²) in [5.41, 5.74) is 1.87. The van der Waals surface area contributed by atoms with Gasteiger partial charge in [-0.1, -0.05) is 47.7 Å². The number of rotatable bonds is 5. The van der Waals surface area contributed by atoms with Crippen molar-refractivity contribution in [3.63, 3.8) is 0 Å². The van der Waals surface area contributed by atoms with Crippen molar-refractivity contribution in [2.45, 2.75) is 13.5 Å². The molecular formula is C19H14BrClINO2S2. The monoisotopic (exact) mass is 593 g/mol. The van der Waals surface area contributed by atoms with E-state index < -0.39 is 0 Å². The summed E-state index contributed by atoms with van der Waals surface area (Å²) in [4.78, 5) is 14.5. The third-order valence-electron chi connectivity index (χ3n) is 3.80. The van der Waals surface area contributed by atoms with E-state index in [-0.39, 0.29) is 5.91 Å². The van der Waals surface area contributed by atoms with Crippen LogP contribution in [0.15, 0.2) is 45.8 Å². The summed E-state index contributed by atoms with van der Waals surface area (Å²) in [7, 11) is 0. The largest absolute Gasteiger partial charge is 0.486 e. The molecule has 0 atom stereocenters. The van der Waals surface area contributed by atoms with Gasteiger partial charge in [-0.2, -0.15) is 0 Å². The Bertz CT molecular complexity index is 911. The number of hydrogen-bond donors (Lipinski definition) is 0. The molecule has 1 amide bonds. The van der Waals surface area contributed by atoms with E-state index >= 15 is 0 Å². The van der Waals surface area contributed by atoms with Crippen LogP contribution in [0.5, 0.6) is 5.75 Å². The summed E-state index contributed by atoms with van der Waals surface area (Å²) in [5.74, 6) is 0.507. The van der Waals surface area contributed by atoms with Crippen molar-refractivity contribution in [2.24, 2.45) is 0 Å². The Morgan fingerprint density at radius 2 is 2.04 bits per heavy atom. The molecule has 0 N–H and O–H groups in total. The fraction of sp³-hybridized carbons (Fsp3) is 0.158. The Morgan fingerprint density at radius 3 is 2.63 bits per heavy atom. The lowest BCUT2D eigenvalue weighted by Gasteiger charge is -2.12.